The van der Waals surface area contributed by atoms with Crippen LogP contribution in [0.5, 0.6) is 0 Å². The largest absolute Gasteiger partial charge is 0.411 e. The highest BCUT2D eigenvalue weighted by Crippen LogP contribution is 2.17. The molecule has 1 saturated heterocycles. The van der Waals surface area contributed by atoms with E-state index < -0.39 is 5.82 Å². The molecule has 1 atom stereocenters. The number of benzene rings is 1. The van der Waals surface area contributed by atoms with E-state index in [1.807, 2.05) is 13.0 Å². The molecule has 0 amide bonds. The molecule has 0 radical (unpaired) electrons. The van der Waals surface area contributed by atoms with E-state index in [1.165, 1.54) is 6.07 Å². The number of nitriles is 1. The Morgan fingerprint density at radius 3 is 3.00 bits per heavy atom. The second-order valence-corrected chi connectivity index (χ2v) is 4.90. The van der Waals surface area contributed by atoms with Gasteiger partial charge in [0.15, 0.2) is 0 Å². The lowest BCUT2D eigenvalue weighted by atomic mass is 9.97. The van der Waals surface area contributed by atoms with E-state index in [1.54, 1.807) is 12.1 Å². The van der Waals surface area contributed by atoms with Crippen molar-refractivity contribution in [1.82, 2.24) is 4.90 Å². The number of halogens is 1. The molecule has 19 heavy (non-hydrogen) atoms. The van der Waals surface area contributed by atoms with Crippen molar-refractivity contribution in [1.29, 1.82) is 5.26 Å². The monoisotopic (exact) mass is 261 g/mol. The van der Waals surface area contributed by atoms with E-state index >= 15 is 0 Å². The predicted octanol–water partition coefficient (Wildman–Crippen LogP) is 2.37. The van der Waals surface area contributed by atoms with Gasteiger partial charge in [0.25, 0.3) is 0 Å². The number of hydrogen-bond donors (Lipinski definition) is 1. The highest BCUT2D eigenvalue weighted by atomic mass is 19.1. The third kappa shape index (κ3) is 3.09. The number of likely N-dealkylation sites (tertiary alicyclic amines) is 1. The Balaban J connectivity index is 2.05. The van der Waals surface area contributed by atoms with Crippen molar-refractivity contribution in [2.24, 2.45) is 11.1 Å². The van der Waals surface area contributed by atoms with E-state index in [9.17, 15) is 4.39 Å². The summed E-state index contributed by atoms with van der Waals surface area (Å²) in [4.78, 5) is 2.22. The van der Waals surface area contributed by atoms with Gasteiger partial charge < -0.3 is 5.21 Å². The number of hydrogen-bond acceptors (Lipinski definition) is 4. The van der Waals surface area contributed by atoms with E-state index in [-0.39, 0.29) is 11.5 Å². The minimum atomic E-state index is -0.479. The van der Waals surface area contributed by atoms with Crippen LogP contribution in [0.1, 0.15) is 24.5 Å². The van der Waals surface area contributed by atoms with Crippen LogP contribution >= 0.6 is 0 Å². The molecule has 0 spiro atoms. The first-order chi connectivity index (χ1) is 9.13. The van der Waals surface area contributed by atoms with Crippen molar-refractivity contribution in [3.63, 3.8) is 0 Å². The van der Waals surface area contributed by atoms with E-state index in [4.69, 9.17) is 10.5 Å². The van der Waals surface area contributed by atoms with Crippen LogP contribution in [0.3, 0.4) is 0 Å². The first-order valence-corrected chi connectivity index (χ1v) is 6.25. The zero-order valence-electron chi connectivity index (χ0n) is 10.8. The Hall–Kier alpha value is -1.93. The summed E-state index contributed by atoms with van der Waals surface area (Å²) in [6.07, 6.45) is 0.740. The molecule has 1 aromatic rings. The van der Waals surface area contributed by atoms with Crippen LogP contribution in [0.4, 0.5) is 4.39 Å². The van der Waals surface area contributed by atoms with Gasteiger partial charge >= 0.3 is 0 Å². The van der Waals surface area contributed by atoms with Crippen LogP contribution in [0.2, 0.25) is 0 Å². The molecule has 1 unspecified atom stereocenters. The summed E-state index contributed by atoms with van der Waals surface area (Å²) in [5.41, 5.74) is 1.84. The second kappa shape index (κ2) is 5.81. The van der Waals surface area contributed by atoms with Crippen LogP contribution in [0, 0.1) is 23.1 Å². The molecule has 1 aliphatic rings. The maximum absolute atomic E-state index is 13.2. The first-order valence-electron chi connectivity index (χ1n) is 6.25. The Labute approximate surface area is 111 Å². The van der Waals surface area contributed by atoms with Crippen LogP contribution < -0.4 is 0 Å². The van der Waals surface area contributed by atoms with Crippen molar-refractivity contribution in [2.75, 3.05) is 13.1 Å². The van der Waals surface area contributed by atoms with Gasteiger partial charge in [-0.05, 0) is 17.7 Å². The number of oxime groups is 1. The fraction of sp³-hybridized carbons (Fsp3) is 0.429. The minimum Gasteiger partial charge on any atom is -0.411 e. The standard InChI is InChI=1S/C14H16FN3O/c1-10-8-18(5-4-14(10)17-19)9-11-2-3-13(15)12(6-11)7-16/h2-3,6,10,19H,4-5,8-9H2,1H3/b17-14+. The normalized spacial score (nSPS) is 22.4. The van der Waals surface area contributed by atoms with Crippen LogP contribution in [0.15, 0.2) is 23.4 Å². The predicted molar refractivity (Wildman–Crippen MR) is 69.4 cm³/mol. The zero-order valence-corrected chi connectivity index (χ0v) is 10.8. The molecule has 100 valence electrons. The number of piperidine rings is 1. The zero-order chi connectivity index (χ0) is 13.8. The average molecular weight is 261 g/mol. The third-order valence-corrected chi connectivity index (χ3v) is 3.47. The van der Waals surface area contributed by atoms with Gasteiger partial charge in [0.1, 0.15) is 11.9 Å². The molecule has 1 aromatic carbocycles. The van der Waals surface area contributed by atoms with Crippen molar-refractivity contribution in [3.05, 3.63) is 35.1 Å². The Kier molecular flexibility index (Phi) is 4.13. The van der Waals surface area contributed by atoms with Crippen molar-refractivity contribution >= 4 is 5.71 Å². The Bertz CT molecular complexity index is 536. The molecule has 5 heteroatoms. The van der Waals surface area contributed by atoms with Gasteiger partial charge in [-0.15, -0.1) is 0 Å². The maximum Gasteiger partial charge on any atom is 0.140 e. The molecule has 0 bridgehead atoms. The van der Waals surface area contributed by atoms with E-state index in [2.05, 4.69) is 10.1 Å². The van der Waals surface area contributed by atoms with Crippen molar-refractivity contribution < 1.29 is 9.60 Å². The quantitative estimate of drug-likeness (QED) is 0.656. The highest BCUT2D eigenvalue weighted by Gasteiger charge is 2.22. The van der Waals surface area contributed by atoms with Gasteiger partial charge in [0.05, 0.1) is 11.3 Å². The van der Waals surface area contributed by atoms with Gasteiger partial charge in [-0.25, -0.2) is 4.39 Å². The van der Waals surface area contributed by atoms with Crippen molar-refractivity contribution in [2.45, 2.75) is 19.9 Å². The first kappa shape index (κ1) is 13.5. The summed E-state index contributed by atoms with van der Waals surface area (Å²) >= 11 is 0. The molecule has 0 aromatic heterocycles. The number of nitrogens with zero attached hydrogens (tertiary/aromatic N) is 3. The minimum absolute atomic E-state index is 0.0835. The molecule has 1 heterocycles. The summed E-state index contributed by atoms with van der Waals surface area (Å²) in [5, 5.41) is 20.9. The summed E-state index contributed by atoms with van der Waals surface area (Å²) in [7, 11) is 0. The Morgan fingerprint density at radius 1 is 1.58 bits per heavy atom. The average Bonchev–Trinajstić information content (AvgIpc) is 2.41. The van der Waals surface area contributed by atoms with Gasteiger partial charge in [-0.1, -0.05) is 18.1 Å². The SMILES string of the molecule is CC1CN(Cc2ccc(F)c(C#N)c2)CC/C1=N\O. The highest BCUT2D eigenvalue weighted by molar-refractivity contribution is 5.86. The van der Waals surface area contributed by atoms with Gasteiger partial charge in [0, 0.05) is 32.0 Å². The summed E-state index contributed by atoms with van der Waals surface area (Å²) in [6.45, 7) is 4.31. The molecule has 0 saturated carbocycles. The fourth-order valence-corrected chi connectivity index (χ4v) is 2.41. The molecule has 1 N–H and O–H groups in total. The van der Waals surface area contributed by atoms with Crippen LogP contribution in [-0.2, 0) is 6.54 Å². The topological polar surface area (TPSA) is 59.6 Å². The lowest BCUT2D eigenvalue weighted by molar-refractivity contribution is 0.228. The lowest BCUT2D eigenvalue weighted by Crippen LogP contribution is -2.39. The van der Waals surface area contributed by atoms with E-state index in [0.29, 0.717) is 6.54 Å². The van der Waals surface area contributed by atoms with Gasteiger partial charge in [-0.3, -0.25) is 4.90 Å². The molecule has 2 rings (SSSR count). The van der Waals surface area contributed by atoms with E-state index in [0.717, 1.165) is 30.8 Å². The molecular weight excluding hydrogens is 245 g/mol. The maximum atomic E-state index is 13.2. The second-order valence-electron chi connectivity index (χ2n) is 4.90. The smallest absolute Gasteiger partial charge is 0.140 e. The molecule has 1 aliphatic heterocycles. The third-order valence-electron chi connectivity index (χ3n) is 3.47. The molecule has 0 aliphatic carbocycles. The summed E-state index contributed by atoms with van der Waals surface area (Å²) < 4.78 is 13.2. The van der Waals surface area contributed by atoms with Crippen LogP contribution in [0.25, 0.3) is 0 Å². The molecule has 1 fully saturated rings. The van der Waals surface area contributed by atoms with Crippen molar-refractivity contribution in [3.8, 4) is 6.07 Å². The number of rotatable bonds is 2. The van der Waals surface area contributed by atoms with Gasteiger partial charge in [-0.2, -0.15) is 5.26 Å². The summed E-state index contributed by atoms with van der Waals surface area (Å²) in [5.74, 6) is -0.261. The Morgan fingerprint density at radius 2 is 2.37 bits per heavy atom. The van der Waals surface area contributed by atoms with Gasteiger partial charge in [0.2, 0.25) is 0 Å². The fourth-order valence-electron chi connectivity index (χ4n) is 2.41. The molecular formula is C14H16FN3O. The summed E-state index contributed by atoms with van der Waals surface area (Å²) in [6, 6.07) is 6.49. The molecule has 4 nitrogen and oxygen atoms in total. The lowest BCUT2D eigenvalue weighted by Gasteiger charge is -2.31. The van der Waals surface area contributed by atoms with Crippen LogP contribution in [-0.4, -0.2) is 28.9 Å².